The smallest absolute Gasteiger partial charge is 0.303 e. The van der Waals surface area contributed by atoms with Crippen LogP contribution >= 0.6 is 11.3 Å². The number of aryl methyl sites for hydroxylation is 1. The summed E-state index contributed by atoms with van der Waals surface area (Å²) in [6.45, 7) is 6.48. The lowest BCUT2D eigenvalue weighted by molar-refractivity contribution is -0.254. The maximum Gasteiger partial charge on any atom is 0.303 e. The fourth-order valence-electron chi connectivity index (χ4n) is 4.99. The average Bonchev–Trinajstić information content (AvgIpc) is 3.39. The van der Waals surface area contributed by atoms with Crippen LogP contribution in [0.15, 0.2) is 54.6 Å². The summed E-state index contributed by atoms with van der Waals surface area (Å²) in [6.07, 6.45) is -5.06. The number of rotatable bonds is 9. The Hall–Kier alpha value is -4.09. The van der Waals surface area contributed by atoms with E-state index in [0.29, 0.717) is 12.0 Å². The van der Waals surface area contributed by atoms with E-state index < -0.39 is 54.4 Å². The van der Waals surface area contributed by atoms with Crippen LogP contribution in [0.2, 0.25) is 0 Å². The molecular formula is C32H33FO9S. The fraction of sp³-hybridized carbons (Fsp3) is 0.375. The van der Waals surface area contributed by atoms with Crippen molar-refractivity contribution in [2.45, 2.75) is 71.6 Å². The summed E-state index contributed by atoms with van der Waals surface area (Å²) in [4.78, 5) is 50.1. The average molecular weight is 613 g/mol. The van der Waals surface area contributed by atoms with Crippen LogP contribution in [0.4, 0.5) is 4.39 Å². The Bertz CT molecular complexity index is 1480. The van der Waals surface area contributed by atoms with Gasteiger partial charge in [-0.15, -0.1) is 11.3 Å². The SMILES string of the molecule is CC(=O)OC[C@H]1O[C@H](c2ccc(C)c(Cc3ccc(-c4ccc(F)cc4)s3)c2)[C@H](OC(C)=O)[C@@H](OC(C)=O)[C@@H]1OC(C)=O. The minimum atomic E-state index is -1.25. The standard InChI is InChI=1S/C32H33FO9S/c1-17-6-7-23(14-24(17)15-26-12-13-28(43-26)22-8-10-25(33)11-9-22)29-31(40-20(4)36)32(41-21(5)37)30(39-19(3)35)27(42-29)16-38-18(2)34/h6-14,27,29-32H,15-16H2,1-5H3/t27-,29-,30-,31+,32+/m1/s1. The zero-order valence-electron chi connectivity index (χ0n) is 24.5. The number of halogens is 1. The van der Waals surface area contributed by atoms with Crippen molar-refractivity contribution in [2.24, 2.45) is 0 Å². The molecule has 228 valence electrons. The zero-order chi connectivity index (χ0) is 31.3. The minimum absolute atomic E-state index is 0.296. The highest BCUT2D eigenvalue weighted by Crippen LogP contribution is 2.39. The molecule has 11 heteroatoms. The van der Waals surface area contributed by atoms with Crippen molar-refractivity contribution in [3.8, 4) is 10.4 Å². The van der Waals surface area contributed by atoms with E-state index in [0.717, 1.165) is 26.4 Å². The van der Waals surface area contributed by atoms with Crippen LogP contribution in [-0.4, -0.2) is 54.9 Å². The summed E-state index contributed by atoms with van der Waals surface area (Å²) in [5.41, 5.74) is 3.51. The number of esters is 4. The van der Waals surface area contributed by atoms with Gasteiger partial charge >= 0.3 is 23.9 Å². The van der Waals surface area contributed by atoms with E-state index in [9.17, 15) is 23.6 Å². The maximum absolute atomic E-state index is 13.4. The monoisotopic (exact) mass is 612 g/mol. The Morgan fingerprint density at radius 2 is 1.42 bits per heavy atom. The van der Waals surface area contributed by atoms with Gasteiger partial charge < -0.3 is 23.7 Å². The molecule has 2 aromatic carbocycles. The molecule has 0 aliphatic carbocycles. The number of carbonyl (C=O) groups excluding carboxylic acids is 4. The van der Waals surface area contributed by atoms with Crippen LogP contribution in [0, 0.1) is 12.7 Å². The highest BCUT2D eigenvalue weighted by atomic mass is 32.1. The molecule has 9 nitrogen and oxygen atoms in total. The molecule has 1 fully saturated rings. The quantitative estimate of drug-likeness (QED) is 0.236. The Morgan fingerprint density at radius 3 is 2.05 bits per heavy atom. The van der Waals surface area contributed by atoms with E-state index in [1.54, 1.807) is 23.5 Å². The third kappa shape index (κ3) is 8.26. The Kier molecular flexibility index (Phi) is 10.3. The van der Waals surface area contributed by atoms with Crippen molar-refractivity contribution in [3.63, 3.8) is 0 Å². The van der Waals surface area contributed by atoms with Gasteiger partial charge in [-0.2, -0.15) is 0 Å². The predicted octanol–water partition coefficient (Wildman–Crippen LogP) is 5.25. The van der Waals surface area contributed by atoms with Gasteiger partial charge in [0.1, 0.15) is 24.6 Å². The molecule has 0 N–H and O–H groups in total. The second kappa shape index (κ2) is 13.9. The Morgan fingerprint density at radius 1 is 0.791 bits per heavy atom. The molecule has 1 aliphatic heterocycles. The van der Waals surface area contributed by atoms with E-state index in [1.807, 2.05) is 37.3 Å². The molecule has 0 spiro atoms. The van der Waals surface area contributed by atoms with E-state index in [-0.39, 0.29) is 12.4 Å². The first-order valence-corrected chi connectivity index (χ1v) is 14.5. The lowest BCUT2D eigenvalue weighted by Crippen LogP contribution is -2.59. The van der Waals surface area contributed by atoms with Crippen LogP contribution in [-0.2, 0) is 49.3 Å². The van der Waals surface area contributed by atoms with Crippen LogP contribution in [0.25, 0.3) is 10.4 Å². The first kappa shape index (κ1) is 31.8. The van der Waals surface area contributed by atoms with Gasteiger partial charge in [0.15, 0.2) is 18.3 Å². The van der Waals surface area contributed by atoms with Crippen LogP contribution < -0.4 is 0 Å². The van der Waals surface area contributed by atoms with Gasteiger partial charge in [0, 0.05) is 43.9 Å². The van der Waals surface area contributed by atoms with Gasteiger partial charge in [-0.1, -0.05) is 30.3 Å². The zero-order valence-corrected chi connectivity index (χ0v) is 25.3. The summed E-state index contributed by atoms with van der Waals surface area (Å²) in [7, 11) is 0. The molecule has 1 saturated heterocycles. The van der Waals surface area contributed by atoms with Crippen molar-refractivity contribution in [3.05, 3.63) is 82.0 Å². The van der Waals surface area contributed by atoms with Crippen LogP contribution in [0.5, 0.6) is 0 Å². The van der Waals surface area contributed by atoms with Gasteiger partial charge in [0.2, 0.25) is 0 Å². The number of carbonyl (C=O) groups is 4. The number of benzene rings is 2. The fourth-order valence-corrected chi connectivity index (χ4v) is 6.02. The molecule has 0 amide bonds. The van der Waals surface area contributed by atoms with E-state index >= 15 is 0 Å². The number of hydrogen-bond acceptors (Lipinski definition) is 10. The first-order chi connectivity index (χ1) is 20.4. The topological polar surface area (TPSA) is 114 Å². The lowest BCUT2D eigenvalue weighted by Gasteiger charge is -2.44. The molecule has 1 aromatic heterocycles. The van der Waals surface area contributed by atoms with Crippen molar-refractivity contribution in [1.82, 2.24) is 0 Å². The molecule has 5 atom stereocenters. The van der Waals surface area contributed by atoms with Gasteiger partial charge in [-0.3, -0.25) is 19.2 Å². The molecule has 0 unspecified atom stereocenters. The molecule has 2 heterocycles. The van der Waals surface area contributed by atoms with Crippen LogP contribution in [0.3, 0.4) is 0 Å². The van der Waals surface area contributed by atoms with Crippen molar-refractivity contribution in [2.75, 3.05) is 6.61 Å². The Labute approximate surface area is 252 Å². The highest BCUT2D eigenvalue weighted by Gasteiger charge is 2.52. The summed E-state index contributed by atoms with van der Waals surface area (Å²) in [5, 5.41) is 0. The molecule has 1 aliphatic rings. The van der Waals surface area contributed by atoms with Gasteiger partial charge in [-0.05, 0) is 53.4 Å². The second-order valence-corrected chi connectivity index (χ2v) is 11.4. The molecule has 0 radical (unpaired) electrons. The van der Waals surface area contributed by atoms with Gasteiger partial charge in [0.05, 0.1) is 0 Å². The summed E-state index contributed by atoms with van der Waals surface area (Å²) < 4.78 is 41.6. The number of hydrogen-bond donors (Lipinski definition) is 0. The van der Waals surface area contributed by atoms with Gasteiger partial charge in [-0.25, -0.2) is 4.39 Å². The molecule has 3 aromatic rings. The van der Waals surface area contributed by atoms with Crippen molar-refractivity contribution < 1.29 is 47.3 Å². The van der Waals surface area contributed by atoms with E-state index in [2.05, 4.69) is 0 Å². The molecule has 0 bridgehead atoms. The molecule has 4 rings (SSSR count). The van der Waals surface area contributed by atoms with Crippen LogP contribution in [0.1, 0.15) is 55.4 Å². The second-order valence-electron chi connectivity index (χ2n) is 10.3. The van der Waals surface area contributed by atoms with Crippen molar-refractivity contribution in [1.29, 1.82) is 0 Å². The first-order valence-electron chi connectivity index (χ1n) is 13.7. The normalized spacial score (nSPS) is 21.5. The Balaban J connectivity index is 1.70. The predicted molar refractivity (Wildman–Crippen MR) is 155 cm³/mol. The van der Waals surface area contributed by atoms with E-state index in [1.165, 1.54) is 39.8 Å². The third-order valence-electron chi connectivity index (χ3n) is 6.85. The minimum Gasteiger partial charge on any atom is -0.463 e. The van der Waals surface area contributed by atoms with Crippen molar-refractivity contribution >= 4 is 35.2 Å². The molecule has 43 heavy (non-hydrogen) atoms. The summed E-state index contributed by atoms with van der Waals surface area (Å²) in [5.74, 6) is -2.91. The molecule has 0 saturated carbocycles. The largest absolute Gasteiger partial charge is 0.463 e. The maximum atomic E-state index is 13.4. The van der Waals surface area contributed by atoms with E-state index in [4.69, 9.17) is 23.7 Å². The summed E-state index contributed by atoms with van der Waals surface area (Å²) >= 11 is 1.59. The lowest BCUT2D eigenvalue weighted by atomic mass is 9.88. The number of thiophene rings is 1. The van der Waals surface area contributed by atoms with Gasteiger partial charge in [0.25, 0.3) is 0 Å². The molecular weight excluding hydrogens is 579 g/mol. The highest BCUT2D eigenvalue weighted by molar-refractivity contribution is 7.15. The summed E-state index contributed by atoms with van der Waals surface area (Å²) in [6, 6.07) is 16.0. The number of ether oxygens (including phenoxy) is 5. The third-order valence-corrected chi connectivity index (χ3v) is 7.98.